The third-order valence-corrected chi connectivity index (χ3v) is 6.21. The van der Waals surface area contributed by atoms with Crippen molar-refractivity contribution in [2.24, 2.45) is 5.92 Å². The van der Waals surface area contributed by atoms with Crippen molar-refractivity contribution in [2.75, 3.05) is 24.3 Å². The molecule has 3 N–H and O–H groups in total. The summed E-state index contributed by atoms with van der Waals surface area (Å²) in [6.45, 7) is 7.06. The number of ether oxygens (including phenoxy) is 1. The zero-order chi connectivity index (χ0) is 24.2. The third-order valence-electron chi connectivity index (χ3n) is 6.21. The molecular formula is C26H31N5O3. The molecule has 1 amide bonds. The number of aromatic nitrogens is 3. The fourth-order valence-electron chi connectivity index (χ4n) is 4.16. The van der Waals surface area contributed by atoms with Gasteiger partial charge in [-0.3, -0.25) is 4.79 Å². The molecule has 178 valence electrons. The van der Waals surface area contributed by atoms with Gasteiger partial charge in [-0.05, 0) is 30.0 Å². The molecule has 0 fully saturated rings. The zero-order valence-electron chi connectivity index (χ0n) is 20.1. The van der Waals surface area contributed by atoms with Crippen LogP contribution < -0.4 is 10.6 Å². The standard InChI is InChI=1S/C26H31N5O3/c1-5-16(2)13-27-19-12-21-23(30-17(3)32)24(26(33)34-4)31(25(21)29-15-19)11-10-18-14-28-22-9-7-6-8-20(18)22/h6-9,12,14-16,27-28H,5,10-11,13H2,1-4H3,(H,30,32)/t16-/m0/s1. The number of aromatic amines is 1. The summed E-state index contributed by atoms with van der Waals surface area (Å²) < 4.78 is 6.94. The van der Waals surface area contributed by atoms with Gasteiger partial charge >= 0.3 is 5.97 Å². The van der Waals surface area contributed by atoms with Gasteiger partial charge in [-0.15, -0.1) is 0 Å². The maximum atomic E-state index is 12.9. The van der Waals surface area contributed by atoms with Crippen molar-refractivity contribution < 1.29 is 14.3 Å². The lowest BCUT2D eigenvalue weighted by Crippen LogP contribution is -2.16. The Balaban J connectivity index is 1.78. The molecule has 0 aliphatic carbocycles. The molecule has 1 aromatic carbocycles. The van der Waals surface area contributed by atoms with E-state index in [1.54, 1.807) is 6.20 Å². The number of fused-ring (bicyclic) bond motifs is 2. The third kappa shape index (κ3) is 4.62. The van der Waals surface area contributed by atoms with Crippen LogP contribution in [0.15, 0.2) is 42.7 Å². The monoisotopic (exact) mass is 461 g/mol. The Morgan fingerprint density at radius 1 is 1.24 bits per heavy atom. The number of nitrogens with zero attached hydrogens (tertiary/aromatic N) is 2. The smallest absolute Gasteiger partial charge is 0.356 e. The van der Waals surface area contributed by atoms with Crippen molar-refractivity contribution in [3.05, 3.63) is 54.0 Å². The SMILES string of the molecule is CC[C@H](C)CNc1cnc2c(c1)c(NC(C)=O)c(C(=O)OC)n2CCc1c[nH]c2ccccc12. The van der Waals surface area contributed by atoms with Gasteiger partial charge in [-0.1, -0.05) is 38.5 Å². The number of carbonyl (C=O) groups is 2. The molecule has 1 atom stereocenters. The van der Waals surface area contributed by atoms with Crippen LogP contribution in [-0.4, -0.2) is 40.1 Å². The number of aryl methyl sites for hydroxylation is 2. The second-order valence-corrected chi connectivity index (χ2v) is 8.65. The second-order valence-electron chi connectivity index (χ2n) is 8.65. The molecule has 4 aromatic rings. The number of para-hydroxylation sites is 1. The first-order chi connectivity index (χ1) is 16.4. The number of methoxy groups -OCH3 is 1. The van der Waals surface area contributed by atoms with Gasteiger partial charge in [0.1, 0.15) is 5.65 Å². The zero-order valence-corrected chi connectivity index (χ0v) is 20.1. The van der Waals surface area contributed by atoms with E-state index in [1.807, 2.05) is 35.0 Å². The van der Waals surface area contributed by atoms with Crippen LogP contribution in [-0.2, 0) is 22.5 Å². The summed E-state index contributed by atoms with van der Waals surface area (Å²) in [6, 6.07) is 10.0. The maximum absolute atomic E-state index is 12.9. The number of rotatable bonds is 9. The van der Waals surface area contributed by atoms with Gasteiger partial charge in [-0.2, -0.15) is 0 Å². The Kier molecular flexibility index (Phi) is 6.86. The minimum Gasteiger partial charge on any atom is -0.464 e. The lowest BCUT2D eigenvalue weighted by Gasteiger charge is -2.11. The molecule has 3 aromatic heterocycles. The Morgan fingerprint density at radius 2 is 2.03 bits per heavy atom. The van der Waals surface area contributed by atoms with Crippen molar-refractivity contribution in [2.45, 2.75) is 40.2 Å². The van der Waals surface area contributed by atoms with Gasteiger partial charge in [0, 0.05) is 42.5 Å². The Bertz CT molecular complexity index is 1340. The van der Waals surface area contributed by atoms with E-state index < -0.39 is 5.97 Å². The highest BCUT2D eigenvalue weighted by Gasteiger charge is 2.25. The lowest BCUT2D eigenvalue weighted by molar-refractivity contribution is -0.114. The van der Waals surface area contributed by atoms with Gasteiger partial charge in [0.2, 0.25) is 5.91 Å². The Labute approximate surface area is 198 Å². The summed E-state index contributed by atoms with van der Waals surface area (Å²) in [5.74, 6) is -0.273. The van der Waals surface area contributed by atoms with E-state index in [0.717, 1.165) is 35.1 Å². The summed E-state index contributed by atoms with van der Waals surface area (Å²) >= 11 is 0. The Hall–Kier alpha value is -3.81. The van der Waals surface area contributed by atoms with E-state index in [1.165, 1.54) is 14.0 Å². The lowest BCUT2D eigenvalue weighted by atomic mass is 10.1. The Morgan fingerprint density at radius 3 is 2.76 bits per heavy atom. The molecule has 4 rings (SSSR count). The molecule has 34 heavy (non-hydrogen) atoms. The summed E-state index contributed by atoms with van der Waals surface area (Å²) in [5, 5.41) is 8.09. The van der Waals surface area contributed by atoms with Crippen molar-refractivity contribution in [3.63, 3.8) is 0 Å². The molecule has 3 heterocycles. The number of anilines is 2. The van der Waals surface area contributed by atoms with Crippen molar-refractivity contribution in [1.29, 1.82) is 0 Å². The van der Waals surface area contributed by atoms with E-state index in [-0.39, 0.29) is 5.91 Å². The molecule has 0 aliphatic rings. The van der Waals surface area contributed by atoms with Crippen LogP contribution in [0.5, 0.6) is 0 Å². The topological polar surface area (TPSA) is 101 Å². The number of H-pyrrole nitrogens is 1. The minimum absolute atomic E-state index is 0.265. The summed E-state index contributed by atoms with van der Waals surface area (Å²) in [6.07, 6.45) is 5.50. The second kappa shape index (κ2) is 9.99. The van der Waals surface area contributed by atoms with Crippen LogP contribution in [0.4, 0.5) is 11.4 Å². The van der Waals surface area contributed by atoms with E-state index in [9.17, 15) is 9.59 Å². The van der Waals surface area contributed by atoms with E-state index in [2.05, 4.69) is 40.5 Å². The van der Waals surface area contributed by atoms with Crippen molar-refractivity contribution >= 4 is 45.2 Å². The highest BCUT2D eigenvalue weighted by atomic mass is 16.5. The first kappa shape index (κ1) is 23.4. The summed E-state index contributed by atoms with van der Waals surface area (Å²) in [7, 11) is 1.34. The van der Waals surface area contributed by atoms with Crippen molar-refractivity contribution in [3.8, 4) is 0 Å². The van der Waals surface area contributed by atoms with Gasteiger partial charge in [-0.25, -0.2) is 9.78 Å². The van der Waals surface area contributed by atoms with Gasteiger partial charge in [0.25, 0.3) is 0 Å². The number of hydrogen-bond donors (Lipinski definition) is 3. The molecule has 0 bridgehead atoms. The van der Waals surface area contributed by atoms with Crippen LogP contribution in [0.2, 0.25) is 0 Å². The molecule has 0 saturated heterocycles. The van der Waals surface area contributed by atoms with Crippen LogP contribution >= 0.6 is 0 Å². The molecular weight excluding hydrogens is 430 g/mol. The minimum atomic E-state index is -0.519. The quantitative estimate of drug-likeness (QED) is 0.306. The number of amides is 1. The van der Waals surface area contributed by atoms with Crippen molar-refractivity contribution in [1.82, 2.24) is 14.5 Å². The fourth-order valence-corrected chi connectivity index (χ4v) is 4.16. The van der Waals surface area contributed by atoms with Gasteiger partial charge < -0.3 is 24.9 Å². The van der Waals surface area contributed by atoms with E-state index in [4.69, 9.17) is 4.74 Å². The largest absolute Gasteiger partial charge is 0.464 e. The average Bonchev–Trinajstić information content (AvgIpc) is 3.39. The van der Waals surface area contributed by atoms with Crippen LogP contribution in [0, 0.1) is 5.92 Å². The molecule has 8 heteroatoms. The van der Waals surface area contributed by atoms with Crippen LogP contribution in [0.1, 0.15) is 43.2 Å². The van der Waals surface area contributed by atoms with Crippen LogP contribution in [0.25, 0.3) is 21.9 Å². The molecule has 0 unspecified atom stereocenters. The molecule has 0 aliphatic heterocycles. The number of benzene rings is 1. The number of carbonyl (C=O) groups excluding carboxylic acids is 2. The maximum Gasteiger partial charge on any atom is 0.356 e. The number of hydrogen-bond acceptors (Lipinski definition) is 5. The highest BCUT2D eigenvalue weighted by Crippen LogP contribution is 2.33. The van der Waals surface area contributed by atoms with E-state index >= 15 is 0 Å². The molecule has 0 saturated carbocycles. The number of esters is 1. The number of pyridine rings is 1. The molecule has 0 radical (unpaired) electrons. The summed E-state index contributed by atoms with van der Waals surface area (Å²) in [4.78, 5) is 32.9. The predicted octanol–water partition coefficient (Wildman–Crippen LogP) is 4.96. The fraction of sp³-hybridized carbons (Fsp3) is 0.346. The molecule has 8 nitrogen and oxygen atoms in total. The highest BCUT2D eigenvalue weighted by molar-refractivity contribution is 6.11. The van der Waals surface area contributed by atoms with Gasteiger partial charge in [0.15, 0.2) is 5.69 Å². The van der Waals surface area contributed by atoms with E-state index in [0.29, 0.717) is 41.3 Å². The molecule has 0 spiro atoms. The predicted molar refractivity (Wildman–Crippen MR) is 135 cm³/mol. The van der Waals surface area contributed by atoms with Gasteiger partial charge in [0.05, 0.1) is 24.7 Å². The number of nitrogens with one attached hydrogen (secondary N) is 3. The average molecular weight is 462 g/mol. The first-order valence-electron chi connectivity index (χ1n) is 11.6. The first-order valence-corrected chi connectivity index (χ1v) is 11.6. The normalized spacial score (nSPS) is 12.1. The van der Waals surface area contributed by atoms with Crippen LogP contribution in [0.3, 0.4) is 0 Å². The summed E-state index contributed by atoms with van der Waals surface area (Å²) in [5.41, 5.74) is 4.38.